The molecule has 0 aliphatic carbocycles. The van der Waals surface area contributed by atoms with Gasteiger partial charge >= 0.3 is 0 Å². The summed E-state index contributed by atoms with van der Waals surface area (Å²) in [5.74, 6) is 2.77. The highest BCUT2D eigenvalue weighted by Gasteiger charge is 2.33. The minimum Gasteiger partial charge on any atom is -0.463 e. The van der Waals surface area contributed by atoms with Crippen LogP contribution < -0.4 is 0 Å². The van der Waals surface area contributed by atoms with E-state index in [4.69, 9.17) is 4.42 Å². The lowest BCUT2D eigenvalue weighted by molar-refractivity contribution is 0.0749. The minimum absolute atomic E-state index is 0.0153. The SMILES string of the molecule is Cc1ccc(C2SCCN2C(=O)c2ccc(C(C)(C)C)cc2)o1. The molecule has 23 heavy (non-hydrogen) atoms. The summed E-state index contributed by atoms with van der Waals surface area (Å²) in [5, 5.41) is -0.0153. The average molecular weight is 329 g/mol. The van der Waals surface area contributed by atoms with Gasteiger partial charge in [0.25, 0.3) is 5.91 Å². The number of thioether (sulfide) groups is 1. The summed E-state index contributed by atoms with van der Waals surface area (Å²) < 4.78 is 5.73. The number of hydrogen-bond donors (Lipinski definition) is 0. The molecule has 0 N–H and O–H groups in total. The molecule has 1 unspecified atom stereocenters. The highest BCUT2D eigenvalue weighted by molar-refractivity contribution is 7.99. The third kappa shape index (κ3) is 3.32. The van der Waals surface area contributed by atoms with E-state index in [-0.39, 0.29) is 16.7 Å². The van der Waals surface area contributed by atoms with Crippen LogP contribution in [-0.2, 0) is 5.41 Å². The molecule has 0 spiro atoms. The van der Waals surface area contributed by atoms with Crippen LogP contribution in [0.15, 0.2) is 40.8 Å². The Bertz CT molecular complexity index is 697. The molecule has 2 aromatic rings. The maximum Gasteiger partial charge on any atom is 0.255 e. The van der Waals surface area contributed by atoms with E-state index in [2.05, 4.69) is 32.9 Å². The Hall–Kier alpha value is -1.68. The summed E-state index contributed by atoms with van der Waals surface area (Å²) in [6.07, 6.45) is 0. The molecule has 3 nitrogen and oxygen atoms in total. The molecule has 1 aromatic heterocycles. The lowest BCUT2D eigenvalue weighted by Gasteiger charge is -2.23. The third-order valence-corrected chi connectivity index (χ3v) is 5.38. The standard InChI is InChI=1S/C19H23NO2S/c1-13-5-10-16(22-13)18-20(11-12-23-18)17(21)14-6-8-15(9-7-14)19(2,3)4/h5-10,18H,11-12H2,1-4H3. The second-order valence-electron chi connectivity index (χ2n) is 7.00. The molecular formula is C19H23NO2S. The van der Waals surface area contributed by atoms with Gasteiger partial charge in [0.2, 0.25) is 0 Å². The van der Waals surface area contributed by atoms with Crippen LogP contribution in [-0.4, -0.2) is 23.1 Å². The number of hydrogen-bond acceptors (Lipinski definition) is 3. The van der Waals surface area contributed by atoms with Gasteiger partial charge in [0, 0.05) is 17.9 Å². The zero-order valence-corrected chi connectivity index (χ0v) is 14.9. The number of aryl methyl sites for hydroxylation is 1. The smallest absolute Gasteiger partial charge is 0.255 e. The molecule has 122 valence electrons. The van der Waals surface area contributed by atoms with Crippen molar-refractivity contribution < 1.29 is 9.21 Å². The van der Waals surface area contributed by atoms with Crippen LogP contribution in [0.3, 0.4) is 0 Å². The van der Waals surface area contributed by atoms with Crippen LogP contribution in [0.25, 0.3) is 0 Å². The van der Waals surface area contributed by atoms with E-state index in [0.29, 0.717) is 0 Å². The maximum absolute atomic E-state index is 12.9. The molecule has 1 saturated heterocycles. The Balaban J connectivity index is 1.82. The number of carbonyl (C=O) groups is 1. The van der Waals surface area contributed by atoms with Crippen LogP contribution >= 0.6 is 11.8 Å². The molecule has 0 bridgehead atoms. The first-order valence-corrected chi connectivity index (χ1v) is 9.00. The lowest BCUT2D eigenvalue weighted by atomic mass is 9.86. The van der Waals surface area contributed by atoms with Crippen LogP contribution in [0.4, 0.5) is 0 Å². The predicted molar refractivity (Wildman–Crippen MR) is 94.8 cm³/mol. The second kappa shape index (κ2) is 6.08. The van der Waals surface area contributed by atoms with E-state index in [1.165, 1.54) is 5.56 Å². The second-order valence-corrected chi connectivity index (χ2v) is 8.19. The molecule has 1 fully saturated rings. The van der Waals surface area contributed by atoms with Crippen LogP contribution in [0.1, 0.15) is 53.6 Å². The minimum atomic E-state index is -0.0153. The van der Waals surface area contributed by atoms with Crippen LogP contribution in [0.5, 0.6) is 0 Å². The Morgan fingerprint density at radius 2 is 1.87 bits per heavy atom. The summed E-state index contributed by atoms with van der Waals surface area (Å²) in [6.45, 7) is 9.22. The van der Waals surface area contributed by atoms with Gasteiger partial charge in [-0.25, -0.2) is 0 Å². The maximum atomic E-state index is 12.9. The number of amides is 1. The molecule has 3 rings (SSSR count). The molecule has 1 atom stereocenters. The van der Waals surface area contributed by atoms with E-state index >= 15 is 0 Å². The largest absolute Gasteiger partial charge is 0.463 e. The summed E-state index contributed by atoms with van der Waals surface area (Å²) in [4.78, 5) is 14.8. The van der Waals surface area contributed by atoms with E-state index in [9.17, 15) is 4.79 Å². The Kier molecular flexibility index (Phi) is 4.28. The summed E-state index contributed by atoms with van der Waals surface area (Å²) in [7, 11) is 0. The van der Waals surface area contributed by atoms with E-state index < -0.39 is 0 Å². The van der Waals surface area contributed by atoms with Gasteiger partial charge in [-0.2, -0.15) is 0 Å². The van der Waals surface area contributed by atoms with Crippen molar-refractivity contribution in [2.75, 3.05) is 12.3 Å². The Morgan fingerprint density at radius 3 is 2.43 bits per heavy atom. The van der Waals surface area contributed by atoms with Crippen molar-refractivity contribution in [3.8, 4) is 0 Å². The quantitative estimate of drug-likeness (QED) is 0.795. The van der Waals surface area contributed by atoms with Crippen LogP contribution in [0.2, 0.25) is 0 Å². The molecule has 0 radical (unpaired) electrons. The molecule has 2 heterocycles. The number of furan rings is 1. The van der Waals surface area contributed by atoms with Gasteiger partial charge in [-0.05, 0) is 42.2 Å². The van der Waals surface area contributed by atoms with Crippen molar-refractivity contribution >= 4 is 17.7 Å². The fourth-order valence-electron chi connectivity index (χ4n) is 2.78. The zero-order valence-electron chi connectivity index (χ0n) is 14.1. The van der Waals surface area contributed by atoms with E-state index in [1.807, 2.05) is 36.1 Å². The highest BCUT2D eigenvalue weighted by Crippen LogP contribution is 2.39. The van der Waals surface area contributed by atoms with Crippen LogP contribution in [0, 0.1) is 6.92 Å². The van der Waals surface area contributed by atoms with Gasteiger partial charge in [-0.1, -0.05) is 32.9 Å². The summed E-state index contributed by atoms with van der Waals surface area (Å²) in [6, 6.07) is 11.9. The van der Waals surface area contributed by atoms with Gasteiger partial charge in [-0.15, -0.1) is 11.8 Å². The average Bonchev–Trinajstić information content (AvgIpc) is 3.14. The molecule has 1 aliphatic rings. The van der Waals surface area contributed by atoms with Gasteiger partial charge < -0.3 is 9.32 Å². The first-order valence-electron chi connectivity index (χ1n) is 7.96. The monoisotopic (exact) mass is 329 g/mol. The first kappa shape index (κ1) is 16.2. The zero-order chi connectivity index (χ0) is 16.6. The summed E-state index contributed by atoms with van der Waals surface area (Å²) in [5.41, 5.74) is 2.08. The number of rotatable bonds is 2. The number of benzene rings is 1. The predicted octanol–water partition coefficient (Wildman–Crippen LogP) is 4.77. The van der Waals surface area contributed by atoms with E-state index in [0.717, 1.165) is 29.4 Å². The fraction of sp³-hybridized carbons (Fsp3) is 0.421. The number of carbonyl (C=O) groups excluding carboxylic acids is 1. The summed E-state index contributed by atoms with van der Waals surface area (Å²) >= 11 is 1.76. The van der Waals surface area contributed by atoms with Crippen molar-refractivity contribution in [1.29, 1.82) is 0 Å². The highest BCUT2D eigenvalue weighted by atomic mass is 32.2. The van der Waals surface area contributed by atoms with Crippen molar-refractivity contribution in [2.24, 2.45) is 0 Å². The topological polar surface area (TPSA) is 33.5 Å². The van der Waals surface area contributed by atoms with Crippen molar-refractivity contribution in [1.82, 2.24) is 4.90 Å². The van der Waals surface area contributed by atoms with Gasteiger partial charge in [0.15, 0.2) is 0 Å². The molecule has 4 heteroatoms. The third-order valence-electron chi connectivity index (χ3n) is 4.15. The van der Waals surface area contributed by atoms with Crippen molar-refractivity contribution in [3.63, 3.8) is 0 Å². The van der Waals surface area contributed by atoms with Crippen molar-refractivity contribution in [2.45, 2.75) is 38.5 Å². The lowest BCUT2D eigenvalue weighted by Crippen LogP contribution is -2.30. The fourth-order valence-corrected chi connectivity index (χ4v) is 3.98. The van der Waals surface area contributed by atoms with Gasteiger partial charge in [0.05, 0.1) is 0 Å². The number of nitrogens with zero attached hydrogens (tertiary/aromatic N) is 1. The Morgan fingerprint density at radius 1 is 1.17 bits per heavy atom. The van der Waals surface area contributed by atoms with Gasteiger partial charge in [-0.3, -0.25) is 4.79 Å². The van der Waals surface area contributed by atoms with E-state index in [1.54, 1.807) is 11.8 Å². The molecular weight excluding hydrogens is 306 g/mol. The molecule has 1 aromatic carbocycles. The van der Waals surface area contributed by atoms with Crippen molar-refractivity contribution in [3.05, 3.63) is 59.0 Å². The first-order chi connectivity index (χ1) is 10.9. The molecule has 0 saturated carbocycles. The van der Waals surface area contributed by atoms with Gasteiger partial charge in [0.1, 0.15) is 16.9 Å². The normalized spacial score (nSPS) is 18.4. The molecule has 1 aliphatic heterocycles. The Labute approximate surface area is 142 Å². The molecule has 1 amide bonds.